The molecule has 0 saturated carbocycles. The Kier molecular flexibility index (Phi) is 7.72. The Balaban J connectivity index is 1.74. The lowest BCUT2D eigenvalue weighted by atomic mass is 10.2. The van der Waals surface area contributed by atoms with Gasteiger partial charge in [0.05, 0.1) is 24.2 Å². The molecule has 0 unspecified atom stereocenters. The second-order valence-electron chi connectivity index (χ2n) is 7.07. The van der Waals surface area contributed by atoms with E-state index in [0.29, 0.717) is 35.2 Å². The number of hydrogen-bond acceptors (Lipinski definition) is 5. The molecule has 0 aromatic heterocycles. The fourth-order valence-corrected chi connectivity index (χ4v) is 3.78. The number of nitrogens with one attached hydrogen (secondary N) is 1. The number of rotatable bonds is 10. The normalized spacial score (nSPS) is 10.9. The van der Waals surface area contributed by atoms with Crippen LogP contribution in [-0.2, 0) is 14.8 Å². The fourth-order valence-electron chi connectivity index (χ4n) is 2.92. The van der Waals surface area contributed by atoms with Crippen LogP contribution in [0.25, 0.3) is 0 Å². The Morgan fingerprint density at radius 3 is 2.22 bits per heavy atom. The molecule has 1 N–H and O–H groups in total. The summed E-state index contributed by atoms with van der Waals surface area (Å²) in [6.07, 6.45) is 1.93. The highest BCUT2D eigenvalue weighted by atomic mass is 32.2. The minimum atomic E-state index is -3.69. The highest BCUT2D eigenvalue weighted by Crippen LogP contribution is 2.29. The Morgan fingerprint density at radius 1 is 0.906 bits per heavy atom. The number of para-hydroxylation sites is 3. The van der Waals surface area contributed by atoms with Crippen LogP contribution in [0.3, 0.4) is 0 Å². The molecule has 3 aromatic carbocycles. The maximum Gasteiger partial charge on any atom is 0.245 e. The van der Waals surface area contributed by atoms with E-state index in [4.69, 9.17) is 9.47 Å². The molecule has 0 atom stereocenters. The first kappa shape index (κ1) is 23.1. The van der Waals surface area contributed by atoms with Gasteiger partial charge in [0, 0.05) is 0 Å². The van der Waals surface area contributed by atoms with Crippen LogP contribution in [0.4, 0.5) is 11.4 Å². The molecule has 0 heterocycles. The van der Waals surface area contributed by atoms with Gasteiger partial charge < -0.3 is 14.8 Å². The maximum atomic E-state index is 12.8. The lowest BCUT2D eigenvalue weighted by Crippen LogP contribution is -2.37. The summed E-state index contributed by atoms with van der Waals surface area (Å²) in [7, 11) is -3.69. The van der Waals surface area contributed by atoms with E-state index in [-0.39, 0.29) is 6.54 Å². The van der Waals surface area contributed by atoms with Gasteiger partial charge in [-0.2, -0.15) is 0 Å². The molecule has 7 nitrogen and oxygen atoms in total. The van der Waals surface area contributed by atoms with Crippen LogP contribution in [0.5, 0.6) is 17.2 Å². The van der Waals surface area contributed by atoms with E-state index in [1.165, 1.54) is 0 Å². The predicted octanol–water partition coefficient (Wildman–Crippen LogP) is 4.67. The van der Waals surface area contributed by atoms with Gasteiger partial charge in [-0.25, -0.2) is 8.42 Å². The van der Waals surface area contributed by atoms with Crippen LogP contribution in [0.2, 0.25) is 0 Å². The van der Waals surface area contributed by atoms with E-state index in [9.17, 15) is 13.2 Å². The molecule has 0 aliphatic heterocycles. The molecule has 3 aromatic rings. The van der Waals surface area contributed by atoms with Gasteiger partial charge in [0.1, 0.15) is 18.0 Å². The first-order valence-electron chi connectivity index (χ1n) is 10.2. The van der Waals surface area contributed by atoms with Crippen LogP contribution in [-0.4, -0.2) is 33.7 Å². The van der Waals surface area contributed by atoms with Gasteiger partial charge in [0.2, 0.25) is 15.9 Å². The number of benzene rings is 3. The third-order valence-electron chi connectivity index (χ3n) is 4.42. The van der Waals surface area contributed by atoms with Crippen LogP contribution < -0.4 is 19.1 Å². The van der Waals surface area contributed by atoms with Gasteiger partial charge in [-0.05, 0) is 55.0 Å². The number of amides is 1. The van der Waals surface area contributed by atoms with E-state index in [1.54, 1.807) is 60.7 Å². The second-order valence-corrected chi connectivity index (χ2v) is 8.98. The zero-order valence-corrected chi connectivity index (χ0v) is 18.8. The number of anilines is 2. The van der Waals surface area contributed by atoms with Crippen LogP contribution in [0.1, 0.15) is 13.3 Å². The lowest BCUT2D eigenvalue weighted by Gasteiger charge is -2.22. The third-order valence-corrected chi connectivity index (χ3v) is 5.56. The Hall–Kier alpha value is -3.52. The van der Waals surface area contributed by atoms with Crippen molar-refractivity contribution in [2.45, 2.75) is 13.3 Å². The van der Waals surface area contributed by atoms with E-state index in [2.05, 4.69) is 5.32 Å². The predicted molar refractivity (Wildman–Crippen MR) is 126 cm³/mol. The van der Waals surface area contributed by atoms with Crippen LogP contribution in [0, 0.1) is 0 Å². The molecule has 0 bridgehead atoms. The van der Waals surface area contributed by atoms with Crippen molar-refractivity contribution in [2.24, 2.45) is 0 Å². The molecule has 168 valence electrons. The monoisotopic (exact) mass is 454 g/mol. The van der Waals surface area contributed by atoms with E-state index >= 15 is 0 Å². The molecule has 0 saturated heterocycles. The number of hydrogen-bond donors (Lipinski definition) is 1. The molecular weight excluding hydrogens is 428 g/mol. The highest BCUT2D eigenvalue weighted by Gasteiger charge is 2.21. The van der Waals surface area contributed by atoms with Crippen LogP contribution in [0.15, 0.2) is 78.9 Å². The first-order valence-corrected chi connectivity index (χ1v) is 12.0. The summed E-state index contributed by atoms with van der Waals surface area (Å²) in [5.74, 6) is 1.22. The van der Waals surface area contributed by atoms with Gasteiger partial charge in [-0.15, -0.1) is 0 Å². The molecule has 3 rings (SSSR count). The molecule has 0 aliphatic rings. The molecule has 0 spiro atoms. The Morgan fingerprint density at radius 2 is 1.56 bits per heavy atom. The van der Waals surface area contributed by atoms with Gasteiger partial charge in [-0.3, -0.25) is 9.10 Å². The average molecular weight is 455 g/mol. The van der Waals surface area contributed by atoms with Gasteiger partial charge in [-0.1, -0.05) is 37.3 Å². The molecule has 0 radical (unpaired) electrons. The molecule has 0 aliphatic carbocycles. The van der Waals surface area contributed by atoms with E-state index in [1.807, 2.05) is 25.1 Å². The van der Waals surface area contributed by atoms with Crippen molar-refractivity contribution >= 4 is 27.3 Å². The molecular formula is C24H26N2O5S. The third kappa shape index (κ3) is 6.49. The summed E-state index contributed by atoms with van der Waals surface area (Å²) in [5, 5.41) is 2.75. The smallest absolute Gasteiger partial charge is 0.245 e. The highest BCUT2D eigenvalue weighted by molar-refractivity contribution is 7.92. The van der Waals surface area contributed by atoms with Crippen molar-refractivity contribution in [3.8, 4) is 17.2 Å². The summed E-state index contributed by atoms with van der Waals surface area (Å²) in [6, 6.07) is 22.8. The first-order chi connectivity index (χ1) is 15.4. The topological polar surface area (TPSA) is 84.9 Å². The van der Waals surface area contributed by atoms with Gasteiger partial charge in [0.25, 0.3) is 0 Å². The molecule has 1 amide bonds. The van der Waals surface area contributed by atoms with Crippen molar-refractivity contribution in [1.29, 1.82) is 0 Å². The summed E-state index contributed by atoms with van der Waals surface area (Å²) in [5.41, 5.74) is 0.818. The number of ether oxygens (including phenoxy) is 2. The Labute approximate surface area is 188 Å². The van der Waals surface area contributed by atoms with Crippen LogP contribution >= 0.6 is 0 Å². The summed E-state index contributed by atoms with van der Waals surface area (Å²) in [4.78, 5) is 12.8. The molecule has 0 fully saturated rings. The minimum Gasteiger partial charge on any atom is -0.494 e. The summed E-state index contributed by atoms with van der Waals surface area (Å²) < 4.78 is 37.2. The largest absolute Gasteiger partial charge is 0.494 e. The van der Waals surface area contributed by atoms with Crippen molar-refractivity contribution in [2.75, 3.05) is 29.0 Å². The summed E-state index contributed by atoms with van der Waals surface area (Å²) in [6.45, 7) is 2.19. The Bertz CT molecular complexity index is 1130. The van der Waals surface area contributed by atoms with Crippen molar-refractivity contribution in [3.05, 3.63) is 78.9 Å². The van der Waals surface area contributed by atoms with E-state index in [0.717, 1.165) is 17.0 Å². The quantitative estimate of drug-likeness (QED) is 0.481. The number of nitrogens with zero attached hydrogens (tertiary/aromatic N) is 1. The SMILES string of the molecule is CCCOc1ccc(N(CC(=O)Nc2ccccc2Oc2ccccc2)S(C)(=O)=O)cc1. The number of carbonyl (C=O) groups is 1. The zero-order chi connectivity index (χ0) is 23.0. The number of carbonyl (C=O) groups excluding carboxylic acids is 1. The average Bonchev–Trinajstić information content (AvgIpc) is 2.78. The van der Waals surface area contributed by atoms with Crippen molar-refractivity contribution in [3.63, 3.8) is 0 Å². The standard InChI is InChI=1S/C24H26N2O5S/c1-3-17-30-20-15-13-19(14-16-20)26(32(2,28)29)18-24(27)25-22-11-7-8-12-23(22)31-21-9-5-4-6-10-21/h4-16H,3,17-18H2,1-2H3,(H,25,27). The fraction of sp³-hybridized carbons (Fsp3) is 0.208. The molecule has 32 heavy (non-hydrogen) atoms. The van der Waals surface area contributed by atoms with E-state index < -0.39 is 15.9 Å². The zero-order valence-electron chi connectivity index (χ0n) is 18.0. The van der Waals surface area contributed by atoms with Gasteiger partial charge in [0.15, 0.2) is 5.75 Å². The second kappa shape index (κ2) is 10.7. The molecule has 8 heteroatoms. The summed E-state index contributed by atoms with van der Waals surface area (Å²) >= 11 is 0. The maximum absolute atomic E-state index is 12.8. The van der Waals surface area contributed by atoms with Gasteiger partial charge >= 0.3 is 0 Å². The minimum absolute atomic E-state index is 0.375. The van der Waals surface area contributed by atoms with Crippen molar-refractivity contribution in [1.82, 2.24) is 0 Å². The van der Waals surface area contributed by atoms with Crippen molar-refractivity contribution < 1.29 is 22.7 Å². The number of sulfonamides is 1. The lowest BCUT2D eigenvalue weighted by molar-refractivity contribution is -0.114.